The van der Waals surface area contributed by atoms with E-state index in [1.165, 1.54) is 6.07 Å². The number of nitrogens with two attached hydrogens (primary N) is 1. The minimum atomic E-state index is -2.86. The van der Waals surface area contributed by atoms with E-state index in [4.69, 9.17) is 5.73 Å². The molecule has 1 unspecified atom stereocenters. The molecule has 2 aromatic carbocycles. The molecule has 0 fully saturated rings. The van der Waals surface area contributed by atoms with Crippen LogP contribution in [0.3, 0.4) is 0 Å². The molecule has 2 N–H and O–H groups in total. The van der Waals surface area contributed by atoms with Crippen LogP contribution in [0, 0.1) is 13.8 Å². The number of para-hydroxylation sites is 1. The quantitative estimate of drug-likeness (QED) is 0.918. The van der Waals surface area contributed by atoms with E-state index in [0.717, 1.165) is 16.7 Å². The van der Waals surface area contributed by atoms with Crippen molar-refractivity contribution in [3.8, 4) is 5.75 Å². The van der Waals surface area contributed by atoms with Gasteiger partial charge in [0, 0.05) is 5.56 Å². The zero-order chi connectivity index (χ0) is 14.7. The molecule has 106 valence electrons. The minimum Gasteiger partial charge on any atom is -0.434 e. The molecule has 20 heavy (non-hydrogen) atoms. The molecule has 4 heteroatoms. The predicted molar refractivity (Wildman–Crippen MR) is 75.0 cm³/mol. The summed E-state index contributed by atoms with van der Waals surface area (Å²) in [7, 11) is 0. The van der Waals surface area contributed by atoms with Gasteiger partial charge in [0.2, 0.25) is 0 Å². The fourth-order valence-corrected chi connectivity index (χ4v) is 2.20. The van der Waals surface area contributed by atoms with E-state index in [2.05, 4.69) is 4.74 Å². The van der Waals surface area contributed by atoms with E-state index in [1.807, 2.05) is 32.0 Å². The number of alkyl halides is 2. The summed E-state index contributed by atoms with van der Waals surface area (Å²) in [6.45, 7) is 1.06. The summed E-state index contributed by atoms with van der Waals surface area (Å²) in [4.78, 5) is 0. The van der Waals surface area contributed by atoms with Crippen molar-refractivity contribution >= 4 is 0 Å². The highest BCUT2D eigenvalue weighted by atomic mass is 19.3. The number of aryl methyl sites for hydroxylation is 2. The maximum atomic E-state index is 12.4. The Morgan fingerprint density at radius 3 is 2.40 bits per heavy atom. The van der Waals surface area contributed by atoms with E-state index in [9.17, 15) is 8.78 Å². The van der Waals surface area contributed by atoms with Gasteiger partial charge in [-0.3, -0.25) is 0 Å². The molecule has 0 saturated heterocycles. The monoisotopic (exact) mass is 277 g/mol. The molecule has 0 saturated carbocycles. The fourth-order valence-electron chi connectivity index (χ4n) is 2.20. The van der Waals surface area contributed by atoms with Crippen LogP contribution in [0.4, 0.5) is 8.78 Å². The summed E-state index contributed by atoms with van der Waals surface area (Å²) < 4.78 is 29.4. The molecule has 0 bridgehead atoms. The third-order valence-corrected chi connectivity index (χ3v) is 3.24. The Labute approximate surface area is 117 Å². The second-order valence-electron chi connectivity index (χ2n) is 4.75. The third-order valence-electron chi connectivity index (χ3n) is 3.24. The van der Waals surface area contributed by atoms with E-state index >= 15 is 0 Å². The minimum absolute atomic E-state index is 0.121. The molecule has 0 spiro atoms. The van der Waals surface area contributed by atoms with Gasteiger partial charge < -0.3 is 10.5 Å². The number of rotatable bonds is 4. The summed E-state index contributed by atoms with van der Waals surface area (Å²) in [6, 6.07) is 12.1. The Kier molecular flexibility index (Phi) is 4.35. The molecule has 0 aliphatic carbocycles. The Hall–Kier alpha value is -1.94. The van der Waals surface area contributed by atoms with Gasteiger partial charge in [0.05, 0.1) is 6.04 Å². The number of halogens is 2. The highest BCUT2D eigenvalue weighted by Gasteiger charge is 2.17. The molecular weight excluding hydrogens is 260 g/mol. The van der Waals surface area contributed by atoms with Crippen molar-refractivity contribution in [1.82, 2.24) is 0 Å². The maximum absolute atomic E-state index is 12.4. The number of hydrogen-bond donors (Lipinski definition) is 1. The average molecular weight is 277 g/mol. The lowest BCUT2D eigenvalue weighted by Gasteiger charge is -2.19. The molecule has 0 heterocycles. The lowest BCUT2D eigenvalue weighted by molar-refractivity contribution is -0.0505. The van der Waals surface area contributed by atoms with Crippen molar-refractivity contribution in [2.45, 2.75) is 26.5 Å². The zero-order valence-electron chi connectivity index (χ0n) is 11.4. The van der Waals surface area contributed by atoms with Crippen LogP contribution < -0.4 is 10.5 Å². The third kappa shape index (κ3) is 3.14. The molecule has 0 aromatic heterocycles. The average Bonchev–Trinajstić information content (AvgIpc) is 2.41. The second-order valence-corrected chi connectivity index (χ2v) is 4.75. The van der Waals surface area contributed by atoms with Crippen LogP contribution in [0.2, 0.25) is 0 Å². The molecule has 1 atom stereocenters. The lowest BCUT2D eigenvalue weighted by atomic mass is 9.94. The Balaban J connectivity index is 2.42. The first kappa shape index (κ1) is 14.5. The topological polar surface area (TPSA) is 35.2 Å². The zero-order valence-corrected chi connectivity index (χ0v) is 11.4. The normalized spacial score (nSPS) is 12.5. The summed E-state index contributed by atoms with van der Waals surface area (Å²) in [5.41, 5.74) is 9.81. The first-order chi connectivity index (χ1) is 9.49. The molecular formula is C16H17F2NO. The van der Waals surface area contributed by atoms with Crippen molar-refractivity contribution in [1.29, 1.82) is 0 Å². The van der Waals surface area contributed by atoms with Gasteiger partial charge in [-0.1, -0.05) is 42.0 Å². The van der Waals surface area contributed by atoms with Crippen molar-refractivity contribution in [3.05, 3.63) is 64.7 Å². The second kappa shape index (κ2) is 6.01. The summed E-state index contributed by atoms with van der Waals surface area (Å²) in [6.07, 6.45) is 0. The number of ether oxygens (including phenoxy) is 1. The Morgan fingerprint density at radius 2 is 1.70 bits per heavy atom. The van der Waals surface area contributed by atoms with Gasteiger partial charge in [0.25, 0.3) is 0 Å². The van der Waals surface area contributed by atoms with Gasteiger partial charge >= 0.3 is 6.61 Å². The van der Waals surface area contributed by atoms with Crippen LogP contribution in [-0.2, 0) is 0 Å². The van der Waals surface area contributed by atoms with Crippen molar-refractivity contribution < 1.29 is 13.5 Å². The van der Waals surface area contributed by atoms with Crippen LogP contribution in [0.5, 0.6) is 5.75 Å². The molecule has 0 radical (unpaired) electrons. The van der Waals surface area contributed by atoms with Crippen LogP contribution in [0.15, 0.2) is 42.5 Å². The van der Waals surface area contributed by atoms with Crippen LogP contribution in [0.25, 0.3) is 0 Å². The lowest BCUT2D eigenvalue weighted by Crippen LogP contribution is -2.16. The van der Waals surface area contributed by atoms with Gasteiger partial charge in [0.1, 0.15) is 5.75 Å². The molecule has 2 rings (SSSR count). The van der Waals surface area contributed by atoms with Gasteiger partial charge in [0.15, 0.2) is 0 Å². The first-order valence-corrected chi connectivity index (χ1v) is 6.35. The molecule has 2 aromatic rings. The Morgan fingerprint density at radius 1 is 1.00 bits per heavy atom. The SMILES string of the molecule is Cc1ccc(C)c(C(N)c2ccccc2OC(F)F)c1. The van der Waals surface area contributed by atoms with E-state index in [-0.39, 0.29) is 5.75 Å². The van der Waals surface area contributed by atoms with E-state index in [1.54, 1.807) is 18.2 Å². The number of benzene rings is 2. The summed E-state index contributed by atoms with van der Waals surface area (Å²) in [5, 5.41) is 0. The molecule has 0 aliphatic rings. The fraction of sp³-hybridized carbons (Fsp3) is 0.250. The Bertz CT molecular complexity index is 599. The van der Waals surface area contributed by atoms with Crippen LogP contribution in [0.1, 0.15) is 28.3 Å². The molecule has 0 aliphatic heterocycles. The predicted octanol–water partition coefficient (Wildman–Crippen LogP) is 3.95. The van der Waals surface area contributed by atoms with Crippen molar-refractivity contribution in [3.63, 3.8) is 0 Å². The van der Waals surface area contributed by atoms with E-state index < -0.39 is 12.7 Å². The largest absolute Gasteiger partial charge is 0.434 e. The van der Waals surface area contributed by atoms with Crippen molar-refractivity contribution in [2.75, 3.05) is 0 Å². The highest BCUT2D eigenvalue weighted by Crippen LogP contribution is 2.31. The summed E-state index contributed by atoms with van der Waals surface area (Å²) >= 11 is 0. The van der Waals surface area contributed by atoms with Gasteiger partial charge in [-0.05, 0) is 31.0 Å². The van der Waals surface area contributed by atoms with Gasteiger partial charge in [-0.25, -0.2) is 0 Å². The first-order valence-electron chi connectivity index (χ1n) is 6.35. The molecule has 2 nitrogen and oxygen atoms in total. The van der Waals surface area contributed by atoms with Gasteiger partial charge in [-0.15, -0.1) is 0 Å². The standard InChI is InChI=1S/C16H17F2NO/c1-10-7-8-11(2)13(9-10)15(19)12-5-3-4-6-14(12)20-16(17)18/h3-9,15-16H,19H2,1-2H3. The van der Waals surface area contributed by atoms with Crippen LogP contribution >= 0.6 is 0 Å². The summed E-state index contributed by atoms with van der Waals surface area (Å²) in [5.74, 6) is 0.121. The molecule has 0 amide bonds. The van der Waals surface area contributed by atoms with Gasteiger partial charge in [-0.2, -0.15) is 8.78 Å². The smallest absolute Gasteiger partial charge is 0.387 e. The van der Waals surface area contributed by atoms with Crippen molar-refractivity contribution in [2.24, 2.45) is 5.73 Å². The van der Waals surface area contributed by atoms with Crippen LogP contribution in [-0.4, -0.2) is 6.61 Å². The van der Waals surface area contributed by atoms with E-state index in [0.29, 0.717) is 5.56 Å². The highest BCUT2D eigenvalue weighted by molar-refractivity contribution is 5.44. The number of hydrogen-bond acceptors (Lipinski definition) is 2. The maximum Gasteiger partial charge on any atom is 0.387 e.